The molecule has 1 aromatic carbocycles. The first-order valence-corrected chi connectivity index (χ1v) is 6.27. The zero-order valence-corrected chi connectivity index (χ0v) is 10.9. The van der Waals surface area contributed by atoms with Gasteiger partial charge in [-0.1, -0.05) is 25.1 Å². The molecule has 92 valence electrons. The molecule has 1 atom stereocenters. The Bertz CT molecular complexity index is 487. The van der Waals surface area contributed by atoms with Crippen LogP contribution < -0.4 is 5.32 Å². The molecule has 3 nitrogen and oxygen atoms in total. The number of hydrogen-bond donors (Lipinski definition) is 1. The molecule has 2 aromatic rings. The lowest BCUT2D eigenvalue weighted by Crippen LogP contribution is -2.16. The van der Waals surface area contributed by atoms with Gasteiger partial charge in [0.2, 0.25) is 0 Å². The molecule has 0 saturated heterocycles. The van der Waals surface area contributed by atoms with Crippen molar-refractivity contribution in [3.05, 3.63) is 30.0 Å². The van der Waals surface area contributed by atoms with Crippen LogP contribution in [0.5, 0.6) is 0 Å². The van der Waals surface area contributed by atoms with Gasteiger partial charge in [-0.25, -0.2) is 0 Å². The standard InChI is InChI=1S/C14H21N3/c1-11(10-15-2)8-9-13-12-6-4-5-7-14(12)17(3)16-13/h4-7,11,15H,8-10H2,1-3H3. The number of nitrogens with zero attached hydrogens (tertiary/aromatic N) is 2. The van der Waals surface area contributed by atoms with Gasteiger partial charge in [-0.2, -0.15) is 5.10 Å². The van der Waals surface area contributed by atoms with Gasteiger partial charge in [0.05, 0.1) is 11.2 Å². The molecule has 0 aliphatic carbocycles. The molecule has 0 bridgehead atoms. The molecule has 2 rings (SSSR count). The van der Waals surface area contributed by atoms with Crippen molar-refractivity contribution in [1.29, 1.82) is 0 Å². The van der Waals surface area contributed by atoms with Crippen molar-refractivity contribution >= 4 is 10.9 Å². The Morgan fingerprint density at radius 1 is 1.35 bits per heavy atom. The minimum atomic E-state index is 0.695. The fraction of sp³-hybridized carbons (Fsp3) is 0.500. The van der Waals surface area contributed by atoms with Crippen molar-refractivity contribution in [1.82, 2.24) is 15.1 Å². The average Bonchev–Trinajstić information content (AvgIpc) is 2.65. The first-order chi connectivity index (χ1) is 8.22. The van der Waals surface area contributed by atoms with Gasteiger partial charge >= 0.3 is 0 Å². The van der Waals surface area contributed by atoms with E-state index in [1.807, 2.05) is 18.8 Å². The van der Waals surface area contributed by atoms with E-state index < -0.39 is 0 Å². The highest BCUT2D eigenvalue weighted by atomic mass is 15.3. The van der Waals surface area contributed by atoms with Gasteiger partial charge in [-0.3, -0.25) is 4.68 Å². The maximum Gasteiger partial charge on any atom is 0.0703 e. The summed E-state index contributed by atoms with van der Waals surface area (Å²) in [6, 6.07) is 8.45. The van der Waals surface area contributed by atoms with E-state index in [-0.39, 0.29) is 0 Å². The summed E-state index contributed by atoms with van der Waals surface area (Å²) in [4.78, 5) is 0. The lowest BCUT2D eigenvalue weighted by molar-refractivity contribution is 0.501. The molecule has 17 heavy (non-hydrogen) atoms. The number of fused-ring (bicyclic) bond motifs is 1. The van der Waals surface area contributed by atoms with Gasteiger partial charge in [0, 0.05) is 12.4 Å². The van der Waals surface area contributed by atoms with Crippen molar-refractivity contribution in [3.8, 4) is 0 Å². The lowest BCUT2D eigenvalue weighted by atomic mass is 10.0. The van der Waals surface area contributed by atoms with Crippen molar-refractivity contribution in [3.63, 3.8) is 0 Å². The Morgan fingerprint density at radius 2 is 2.12 bits per heavy atom. The molecule has 0 fully saturated rings. The Balaban J connectivity index is 2.13. The van der Waals surface area contributed by atoms with Gasteiger partial charge in [-0.05, 0) is 38.4 Å². The topological polar surface area (TPSA) is 29.9 Å². The van der Waals surface area contributed by atoms with E-state index in [4.69, 9.17) is 0 Å². The zero-order valence-electron chi connectivity index (χ0n) is 10.9. The second kappa shape index (κ2) is 5.32. The van der Waals surface area contributed by atoms with E-state index in [0.717, 1.165) is 13.0 Å². The SMILES string of the molecule is CNCC(C)CCc1nn(C)c2ccccc12. The number of aryl methyl sites for hydroxylation is 2. The van der Waals surface area contributed by atoms with E-state index in [9.17, 15) is 0 Å². The maximum atomic E-state index is 4.62. The number of hydrogen-bond acceptors (Lipinski definition) is 2. The highest BCUT2D eigenvalue weighted by Crippen LogP contribution is 2.19. The van der Waals surface area contributed by atoms with Crippen LogP contribution in [0.2, 0.25) is 0 Å². The first kappa shape index (κ1) is 12.1. The quantitative estimate of drug-likeness (QED) is 0.856. The molecule has 0 aliphatic rings. The highest BCUT2D eigenvalue weighted by Gasteiger charge is 2.09. The van der Waals surface area contributed by atoms with Crippen LogP contribution in [0.15, 0.2) is 24.3 Å². The Kier molecular flexibility index (Phi) is 3.79. The molecule has 0 spiro atoms. The molecule has 0 aliphatic heterocycles. The second-order valence-electron chi connectivity index (χ2n) is 4.79. The minimum Gasteiger partial charge on any atom is -0.319 e. The zero-order chi connectivity index (χ0) is 12.3. The van der Waals surface area contributed by atoms with Gasteiger partial charge < -0.3 is 5.32 Å². The third kappa shape index (κ3) is 2.67. The van der Waals surface area contributed by atoms with Crippen molar-refractivity contribution in [2.75, 3.05) is 13.6 Å². The van der Waals surface area contributed by atoms with E-state index in [2.05, 4.69) is 41.6 Å². The largest absolute Gasteiger partial charge is 0.319 e. The van der Waals surface area contributed by atoms with Crippen LogP contribution in [0.25, 0.3) is 10.9 Å². The summed E-state index contributed by atoms with van der Waals surface area (Å²) in [5.41, 5.74) is 2.45. The van der Waals surface area contributed by atoms with Crippen molar-refractivity contribution < 1.29 is 0 Å². The number of benzene rings is 1. The fourth-order valence-corrected chi connectivity index (χ4v) is 2.31. The minimum absolute atomic E-state index is 0.695. The summed E-state index contributed by atoms with van der Waals surface area (Å²) in [6.07, 6.45) is 2.24. The smallest absolute Gasteiger partial charge is 0.0703 e. The first-order valence-electron chi connectivity index (χ1n) is 6.27. The third-order valence-electron chi connectivity index (χ3n) is 3.26. The molecule has 0 amide bonds. The summed E-state index contributed by atoms with van der Waals surface area (Å²) in [5.74, 6) is 0.695. The predicted octanol–water partition coefficient (Wildman–Crippen LogP) is 2.36. The normalized spacial score (nSPS) is 13.1. The number of rotatable bonds is 5. The summed E-state index contributed by atoms with van der Waals surface area (Å²) < 4.78 is 1.98. The molecule has 1 N–H and O–H groups in total. The van der Waals surface area contributed by atoms with Crippen LogP contribution in [0.1, 0.15) is 19.0 Å². The fourth-order valence-electron chi connectivity index (χ4n) is 2.31. The second-order valence-corrected chi connectivity index (χ2v) is 4.79. The Labute approximate surface area is 103 Å². The van der Waals surface area contributed by atoms with Crippen LogP contribution >= 0.6 is 0 Å². The van der Waals surface area contributed by atoms with Crippen LogP contribution in [-0.4, -0.2) is 23.4 Å². The lowest BCUT2D eigenvalue weighted by Gasteiger charge is -2.08. The monoisotopic (exact) mass is 231 g/mol. The molecule has 1 heterocycles. The summed E-state index contributed by atoms with van der Waals surface area (Å²) in [7, 11) is 4.02. The summed E-state index contributed by atoms with van der Waals surface area (Å²) in [5, 5.41) is 9.14. The number of para-hydroxylation sites is 1. The molecule has 1 aromatic heterocycles. The summed E-state index contributed by atoms with van der Waals surface area (Å²) >= 11 is 0. The molecular formula is C14H21N3. The van der Waals surface area contributed by atoms with Crippen LogP contribution in [-0.2, 0) is 13.5 Å². The van der Waals surface area contributed by atoms with Crippen molar-refractivity contribution in [2.45, 2.75) is 19.8 Å². The summed E-state index contributed by atoms with van der Waals surface area (Å²) in [6.45, 7) is 3.35. The van der Waals surface area contributed by atoms with Gasteiger partial charge in [0.15, 0.2) is 0 Å². The molecule has 0 radical (unpaired) electrons. The van der Waals surface area contributed by atoms with Crippen LogP contribution in [0.4, 0.5) is 0 Å². The molecule has 1 unspecified atom stereocenters. The number of aromatic nitrogens is 2. The maximum absolute atomic E-state index is 4.62. The van der Waals surface area contributed by atoms with E-state index in [1.54, 1.807) is 0 Å². The van der Waals surface area contributed by atoms with E-state index in [1.165, 1.54) is 23.0 Å². The van der Waals surface area contributed by atoms with Gasteiger partial charge in [0.25, 0.3) is 0 Å². The number of nitrogens with one attached hydrogen (secondary N) is 1. The third-order valence-corrected chi connectivity index (χ3v) is 3.26. The Hall–Kier alpha value is -1.35. The molecule has 3 heteroatoms. The van der Waals surface area contributed by atoms with Crippen LogP contribution in [0.3, 0.4) is 0 Å². The van der Waals surface area contributed by atoms with Crippen LogP contribution in [0, 0.1) is 5.92 Å². The van der Waals surface area contributed by atoms with Gasteiger partial charge in [0.1, 0.15) is 0 Å². The van der Waals surface area contributed by atoms with E-state index >= 15 is 0 Å². The van der Waals surface area contributed by atoms with Gasteiger partial charge in [-0.15, -0.1) is 0 Å². The highest BCUT2D eigenvalue weighted by molar-refractivity contribution is 5.81. The van der Waals surface area contributed by atoms with Crippen molar-refractivity contribution in [2.24, 2.45) is 13.0 Å². The predicted molar refractivity (Wildman–Crippen MR) is 72.1 cm³/mol. The average molecular weight is 231 g/mol. The van der Waals surface area contributed by atoms with E-state index in [0.29, 0.717) is 5.92 Å². The molecular weight excluding hydrogens is 210 g/mol. The Morgan fingerprint density at radius 3 is 2.88 bits per heavy atom. The molecule has 0 saturated carbocycles.